The first-order valence-electron chi connectivity index (χ1n) is 13.0. The second kappa shape index (κ2) is 26.7. The summed E-state index contributed by atoms with van der Waals surface area (Å²) >= 11 is 0. The van der Waals surface area contributed by atoms with Gasteiger partial charge in [0.05, 0.1) is 18.9 Å². The molecule has 13 heteroatoms. The van der Waals surface area contributed by atoms with E-state index in [0.717, 1.165) is 30.4 Å². The first kappa shape index (κ1) is 42.3. The second-order valence-electron chi connectivity index (χ2n) is 9.00. The number of rotatable bonds is 19. The summed E-state index contributed by atoms with van der Waals surface area (Å²) in [5.74, 6) is -0.433. The van der Waals surface area contributed by atoms with Crippen LogP contribution in [0.25, 0.3) is 10.6 Å². The molecule has 11 nitrogen and oxygen atoms in total. The number of Topliss-reactive ketones (excluding diaryl/α,β-unsaturated/α-hetero) is 1. The van der Waals surface area contributed by atoms with Crippen molar-refractivity contribution in [3.63, 3.8) is 0 Å². The van der Waals surface area contributed by atoms with E-state index < -0.39 is 0 Å². The number of ketones is 1. The van der Waals surface area contributed by atoms with Crippen LogP contribution in [0.2, 0.25) is 0 Å². The maximum atomic E-state index is 11.9. The van der Waals surface area contributed by atoms with Crippen LogP contribution in [-0.4, -0.2) is 69.4 Å². The summed E-state index contributed by atoms with van der Waals surface area (Å²) in [6.07, 6.45) is 3.44. The molecule has 0 bridgehead atoms. The summed E-state index contributed by atoms with van der Waals surface area (Å²) in [7, 11) is 1.55. The van der Waals surface area contributed by atoms with Gasteiger partial charge in [-0.1, -0.05) is 56.1 Å². The van der Waals surface area contributed by atoms with Crippen molar-refractivity contribution in [1.82, 2.24) is 16.0 Å². The minimum atomic E-state index is -0.377. The number of hydrogen-bond acceptors (Lipinski definition) is 6. The number of amides is 5. The molecular weight excluding hydrogens is 661 g/mol. The van der Waals surface area contributed by atoms with Gasteiger partial charge in [0.25, 0.3) is 0 Å². The first-order chi connectivity index (χ1) is 18.2. The average molecular weight is 703 g/mol. The normalized spacial score (nSPS) is 10.7. The summed E-state index contributed by atoms with van der Waals surface area (Å²) in [6.45, 7) is 4.98. The molecule has 0 aromatic heterocycles. The number of nitrogens with zero attached hydrogens (tertiary/aromatic N) is 2. The third kappa shape index (κ3) is 22.7. The van der Waals surface area contributed by atoms with E-state index in [1.54, 1.807) is 26.1 Å². The standard InChI is InChI=1S/C27H43N5O6.2Rb/c1-20(21(2)33)7-4-5-13-30-27(37)31-14-6-16-38-19-26(36)32-18-23-10-8-22(9-11-23)17-25(35)29-15-12-24(34)28-3;;/h8-11,20H,4-7,12-19H2,1-3H3,(H5,28,29,30,31,32,34,35,36,37);;/q;2*+1/p-2. The van der Waals surface area contributed by atoms with Crippen LogP contribution in [0.1, 0.15) is 57.1 Å². The van der Waals surface area contributed by atoms with E-state index in [4.69, 9.17) is 4.74 Å². The van der Waals surface area contributed by atoms with Gasteiger partial charge >= 0.3 is 116 Å². The molecule has 0 aliphatic carbocycles. The molecule has 1 rings (SSSR count). The first-order valence-corrected chi connectivity index (χ1v) is 13.0. The van der Waals surface area contributed by atoms with Crippen LogP contribution >= 0.6 is 0 Å². The van der Waals surface area contributed by atoms with Crippen molar-refractivity contribution in [3.8, 4) is 0 Å². The molecule has 0 saturated carbocycles. The predicted octanol–water partition coefficient (Wildman–Crippen LogP) is -3.22. The van der Waals surface area contributed by atoms with Gasteiger partial charge in [0, 0.05) is 32.5 Å². The molecule has 0 spiro atoms. The van der Waals surface area contributed by atoms with Crippen LogP contribution in [0.5, 0.6) is 0 Å². The Bertz CT molecular complexity index is 902. The SMILES string of the molecule is CNC(=O)CCNC(=O)Cc1ccc(C[N-]C(=O)COCCC[N-]C(=O)NCCCCC(C)C(C)=O)cc1.[Rb+].[Rb+]. The quantitative estimate of drug-likeness (QED) is 0.129. The van der Waals surface area contributed by atoms with Gasteiger partial charge < -0.3 is 36.1 Å². The summed E-state index contributed by atoms with van der Waals surface area (Å²) in [4.78, 5) is 57.9. The molecule has 1 aromatic carbocycles. The van der Waals surface area contributed by atoms with Crippen LogP contribution in [0, 0.1) is 5.92 Å². The summed E-state index contributed by atoms with van der Waals surface area (Å²) < 4.78 is 5.31. The number of nitrogens with one attached hydrogen (secondary N) is 3. The second-order valence-corrected chi connectivity index (χ2v) is 9.00. The smallest absolute Gasteiger partial charge is 0.648 e. The maximum absolute atomic E-state index is 11.9. The molecule has 212 valence electrons. The van der Waals surface area contributed by atoms with Crippen LogP contribution < -0.4 is 132 Å². The van der Waals surface area contributed by atoms with Gasteiger partial charge in [-0.05, 0) is 31.9 Å². The number of hydrogen-bond donors (Lipinski definition) is 3. The molecule has 0 aliphatic rings. The third-order valence-corrected chi connectivity index (χ3v) is 5.74. The minimum Gasteiger partial charge on any atom is -0.648 e. The van der Waals surface area contributed by atoms with Crippen molar-refractivity contribution in [3.05, 3.63) is 46.0 Å². The number of carbonyl (C=O) groups is 5. The van der Waals surface area contributed by atoms with E-state index in [0.29, 0.717) is 26.1 Å². The van der Waals surface area contributed by atoms with E-state index in [-0.39, 0.29) is 184 Å². The number of ether oxygens (including phenoxy) is 1. The molecular formula is C27H41N5O6Rb2. The van der Waals surface area contributed by atoms with Gasteiger partial charge in [0.15, 0.2) is 6.03 Å². The zero-order chi connectivity index (χ0) is 28.2. The predicted molar refractivity (Wildman–Crippen MR) is 145 cm³/mol. The van der Waals surface area contributed by atoms with Crippen molar-refractivity contribution in [2.24, 2.45) is 5.92 Å². The van der Waals surface area contributed by atoms with Crippen LogP contribution in [-0.2, 0) is 36.9 Å². The van der Waals surface area contributed by atoms with E-state index in [9.17, 15) is 24.0 Å². The Hall–Kier alpha value is 0.140. The van der Waals surface area contributed by atoms with E-state index in [1.165, 1.54) is 0 Å². The monoisotopic (exact) mass is 701 g/mol. The number of urea groups is 1. The molecule has 5 amide bonds. The van der Waals surface area contributed by atoms with E-state index in [1.807, 2.05) is 19.1 Å². The van der Waals surface area contributed by atoms with E-state index in [2.05, 4.69) is 26.6 Å². The van der Waals surface area contributed by atoms with Crippen molar-refractivity contribution < 1.29 is 145 Å². The summed E-state index contributed by atoms with van der Waals surface area (Å²) in [6, 6.07) is 6.86. The van der Waals surface area contributed by atoms with Crippen molar-refractivity contribution >= 4 is 29.5 Å². The van der Waals surface area contributed by atoms with Crippen molar-refractivity contribution in [2.75, 3.05) is 39.9 Å². The van der Waals surface area contributed by atoms with Gasteiger partial charge in [0.2, 0.25) is 11.8 Å². The van der Waals surface area contributed by atoms with Gasteiger partial charge in [-0.2, -0.15) is 0 Å². The molecule has 1 aromatic rings. The molecule has 1 atom stereocenters. The number of benzene rings is 1. The third-order valence-electron chi connectivity index (χ3n) is 5.74. The van der Waals surface area contributed by atoms with Gasteiger partial charge in [-0.15, -0.1) is 6.54 Å². The molecule has 3 N–H and O–H groups in total. The number of unbranched alkanes of at least 4 members (excludes halogenated alkanes) is 1. The maximum Gasteiger partial charge on any atom is 1.00 e. The minimum absolute atomic E-state index is 0. The molecule has 0 fully saturated rings. The van der Waals surface area contributed by atoms with Crippen LogP contribution in [0.3, 0.4) is 0 Å². The molecule has 40 heavy (non-hydrogen) atoms. The van der Waals surface area contributed by atoms with Crippen molar-refractivity contribution in [2.45, 2.75) is 58.9 Å². The largest absolute Gasteiger partial charge is 1.00 e. The van der Waals surface area contributed by atoms with Gasteiger partial charge in [0.1, 0.15) is 5.78 Å². The number of carbonyl (C=O) groups excluding carboxylic acids is 5. The fraction of sp³-hybridized carbons (Fsp3) is 0.593. The van der Waals surface area contributed by atoms with E-state index >= 15 is 0 Å². The average Bonchev–Trinajstić information content (AvgIpc) is 2.89. The topological polar surface area (TPSA) is 159 Å². The fourth-order valence-electron chi connectivity index (χ4n) is 3.21. The molecule has 0 aliphatic heterocycles. The Balaban J connectivity index is 0. The molecule has 1 unspecified atom stereocenters. The van der Waals surface area contributed by atoms with Crippen molar-refractivity contribution in [1.29, 1.82) is 0 Å². The molecule has 0 saturated heterocycles. The Morgan fingerprint density at radius 2 is 1.55 bits per heavy atom. The Morgan fingerprint density at radius 3 is 2.20 bits per heavy atom. The zero-order valence-corrected chi connectivity index (χ0v) is 34.5. The Labute approximate surface area is 335 Å². The van der Waals surface area contributed by atoms with Crippen LogP contribution in [0.15, 0.2) is 24.3 Å². The summed E-state index contributed by atoms with van der Waals surface area (Å²) in [5, 5.41) is 15.8. The fourth-order valence-corrected chi connectivity index (χ4v) is 3.21. The Kier molecular flexibility index (Phi) is 28.3. The van der Waals surface area contributed by atoms with Gasteiger partial charge in [-0.3, -0.25) is 19.2 Å². The molecule has 0 heterocycles. The van der Waals surface area contributed by atoms with Crippen LogP contribution in [0.4, 0.5) is 4.79 Å². The summed E-state index contributed by atoms with van der Waals surface area (Å²) in [5.41, 5.74) is 1.65. The molecule has 0 radical (unpaired) electrons. The Morgan fingerprint density at radius 1 is 0.875 bits per heavy atom. The van der Waals surface area contributed by atoms with Gasteiger partial charge in [-0.25, -0.2) is 0 Å². The zero-order valence-electron chi connectivity index (χ0n) is 24.7.